The molecule has 3 aromatic rings. The van der Waals surface area contributed by atoms with Crippen LogP contribution in [-0.4, -0.2) is 28.8 Å². The van der Waals surface area contributed by atoms with E-state index in [2.05, 4.69) is 10.4 Å². The maximum absolute atomic E-state index is 13.0. The van der Waals surface area contributed by atoms with Gasteiger partial charge in [-0.3, -0.25) is 4.79 Å². The highest BCUT2D eigenvalue weighted by Gasteiger charge is 2.28. The Hall–Kier alpha value is -2.50. The number of nitrogens with zero attached hydrogens (tertiary/aromatic N) is 2. The second-order valence-electron chi connectivity index (χ2n) is 7.06. The van der Waals surface area contributed by atoms with Crippen LogP contribution in [0.25, 0.3) is 16.9 Å². The first-order chi connectivity index (χ1) is 14.1. The predicted molar refractivity (Wildman–Crippen MR) is 115 cm³/mol. The average Bonchev–Trinajstić information content (AvgIpc) is 3.36. The average molecular weight is 430 g/mol. The van der Waals surface area contributed by atoms with E-state index in [-0.39, 0.29) is 17.6 Å². The Balaban J connectivity index is 1.86. The monoisotopic (exact) mass is 429 g/mol. The second-order valence-corrected chi connectivity index (χ2v) is 7.90. The molecule has 1 heterocycles. The summed E-state index contributed by atoms with van der Waals surface area (Å²) in [5.41, 5.74) is 2.37. The van der Waals surface area contributed by atoms with Crippen LogP contribution in [0.1, 0.15) is 36.2 Å². The second kappa shape index (κ2) is 8.47. The molecule has 29 heavy (non-hydrogen) atoms. The number of carbonyl (C=O) groups excluding carboxylic acids is 1. The van der Waals surface area contributed by atoms with Crippen LogP contribution in [0.3, 0.4) is 0 Å². The van der Waals surface area contributed by atoms with Gasteiger partial charge in [0.2, 0.25) is 0 Å². The summed E-state index contributed by atoms with van der Waals surface area (Å²) in [6, 6.07) is 14.9. The third-order valence-electron chi connectivity index (χ3n) is 5.15. The fourth-order valence-electron chi connectivity index (χ4n) is 3.73. The van der Waals surface area contributed by atoms with Crippen LogP contribution in [0.4, 0.5) is 0 Å². The molecule has 0 bridgehead atoms. The number of hydrogen-bond acceptors (Lipinski definition) is 3. The Morgan fingerprint density at radius 2 is 1.79 bits per heavy atom. The quantitative estimate of drug-likeness (QED) is 0.579. The molecule has 7 heteroatoms. The third kappa shape index (κ3) is 3.98. The number of para-hydroxylation sites is 1. The van der Waals surface area contributed by atoms with Gasteiger partial charge >= 0.3 is 0 Å². The number of rotatable bonds is 5. The Labute approximate surface area is 179 Å². The first-order valence-corrected chi connectivity index (χ1v) is 10.3. The van der Waals surface area contributed by atoms with E-state index < -0.39 is 0 Å². The fourth-order valence-corrected chi connectivity index (χ4v) is 4.07. The Morgan fingerprint density at radius 1 is 1.10 bits per heavy atom. The van der Waals surface area contributed by atoms with Gasteiger partial charge in [0.15, 0.2) is 11.4 Å². The highest BCUT2D eigenvalue weighted by molar-refractivity contribution is 6.32. The molecule has 0 saturated heterocycles. The molecule has 150 valence electrons. The standard InChI is InChI=1S/C22H21Cl2N3O2/c1-29-21-19(22(28)25-16-6-2-3-7-16)26-27(18-9-5-4-8-17(18)24)20(21)14-10-12-15(23)13-11-14/h4-5,8-13,16H,2-3,6-7H2,1H3,(H,25,28). The van der Waals surface area contributed by atoms with Crippen molar-refractivity contribution in [2.24, 2.45) is 0 Å². The summed E-state index contributed by atoms with van der Waals surface area (Å²) < 4.78 is 7.33. The van der Waals surface area contributed by atoms with Gasteiger partial charge < -0.3 is 10.1 Å². The molecule has 1 N–H and O–H groups in total. The molecule has 5 nitrogen and oxygen atoms in total. The molecule has 0 spiro atoms. The topological polar surface area (TPSA) is 56.1 Å². The number of ether oxygens (including phenoxy) is 1. The summed E-state index contributed by atoms with van der Waals surface area (Å²) in [6.07, 6.45) is 4.24. The minimum atomic E-state index is -0.241. The van der Waals surface area contributed by atoms with E-state index in [0.29, 0.717) is 27.2 Å². The lowest BCUT2D eigenvalue weighted by Gasteiger charge is -2.11. The van der Waals surface area contributed by atoms with Gasteiger partial charge in [-0.15, -0.1) is 0 Å². The van der Waals surface area contributed by atoms with Crippen molar-refractivity contribution in [3.8, 4) is 22.7 Å². The lowest BCUT2D eigenvalue weighted by atomic mass is 10.1. The van der Waals surface area contributed by atoms with Crippen LogP contribution in [0.5, 0.6) is 5.75 Å². The minimum absolute atomic E-state index is 0.177. The smallest absolute Gasteiger partial charge is 0.275 e. The van der Waals surface area contributed by atoms with Crippen LogP contribution in [-0.2, 0) is 0 Å². The zero-order chi connectivity index (χ0) is 20.4. The number of amides is 1. The van der Waals surface area contributed by atoms with Crippen molar-refractivity contribution in [2.45, 2.75) is 31.7 Å². The largest absolute Gasteiger partial charge is 0.492 e. The predicted octanol–water partition coefficient (Wildman–Crippen LogP) is 5.53. The Bertz CT molecular complexity index is 1030. The van der Waals surface area contributed by atoms with Gasteiger partial charge in [-0.05, 0) is 37.1 Å². The van der Waals surface area contributed by atoms with E-state index in [1.54, 1.807) is 30.0 Å². The number of hydrogen-bond donors (Lipinski definition) is 1. The number of methoxy groups -OCH3 is 1. The number of nitrogens with one attached hydrogen (secondary N) is 1. The Kier molecular flexibility index (Phi) is 5.79. The van der Waals surface area contributed by atoms with Gasteiger partial charge in [0.25, 0.3) is 5.91 Å². The first kappa shape index (κ1) is 19.8. The molecule has 1 aromatic heterocycles. The molecule has 4 rings (SSSR count). The van der Waals surface area contributed by atoms with Crippen molar-refractivity contribution < 1.29 is 9.53 Å². The van der Waals surface area contributed by atoms with E-state index in [1.807, 2.05) is 30.3 Å². The fraction of sp³-hybridized carbons (Fsp3) is 0.273. The van der Waals surface area contributed by atoms with E-state index in [1.165, 1.54) is 0 Å². The van der Waals surface area contributed by atoms with E-state index in [0.717, 1.165) is 31.2 Å². The summed E-state index contributed by atoms with van der Waals surface area (Å²) in [5.74, 6) is 0.164. The van der Waals surface area contributed by atoms with Crippen molar-refractivity contribution >= 4 is 29.1 Å². The lowest BCUT2D eigenvalue weighted by molar-refractivity contribution is 0.0929. The Morgan fingerprint density at radius 3 is 2.45 bits per heavy atom. The number of halogens is 2. The summed E-state index contributed by atoms with van der Waals surface area (Å²) in [7, 11) is 1.54. The van der Waals surface area contributed by atoms with Gasteiger partial charge in [-0.25, -0.2) is 4.68 Å². The first-order valence-electron chi connectivity index (χ1n) is 9.57. The zero-order valence-electron chi connectivity index (χ0n) is 16.0. The van der Waals surface area contributed by atoms with E-state index in [9.17, 15) is 4.79 Å². The van der Waals surface area contributed by atoms with Crippen LogP contribution < -0.4 is 10.1 Å². The molecule has 0 atom stereocenters. The molecular weight excluding hydrogens is 409 g/mol. The maximum atomic E-state index is 13.0. The van der Waals surface area contributed by atoms with Gasteiger partial charge in [0.05, 0.1) is 17.8 Å². The van der Waals surface area contributed by atoms with Gasteiger partial charge in [-0.2, -0.15) is 5.10 Å². The molecular formula is C22H21Cl2N3O2. The van der Waals surface area contributed by atoms with E-state index in [4.69, 9.17) is 27.9 Å². The van der Waals surface area contributed by atoms with Crippen LogP contribution >= 0.6 is 23.2 Å². The summed E-state index contributed by atoms with van der Waals surface area (Å²) in [4.78, 5) is 13.0. The minimum Gasteiger partial charge on any atom is -0.492 e. The van der Waals surface area contributed by atoms with Crippen molar-refractivity contribution in [3.05, 3.63) is 64.3 Å². The van der Waals surface area contributed by atoms with Crippen LogP contribution in [0.2, 0.25) is 10.0 Å². The van der Waals surface area contributed by atoms with Crippen molar-refractivity contribution in [1.82, 2.24) is 15.1 Å². The molecule has 1 saturated carbocycles. The van der Waals surface area contributed by atoms with Gasteiger partial charge in [-0.1, -0.05) is 60.3 Å². The van der Waals surface area contributed by atoms with Gasteiger partial charge in [0.1, 0.15) is 5.69 Å². The van der Waals surface area contributed by atoms with Crippen LogP contribution in [0.15, 0.2) is 48.5 Å². The van der Waals surface area contributed by atoms with Crippen molar-refractivity contribution in [1.29, 1.82) is 0 Å². The lowest BCUT2D eigenvalue weighted by Crippen LogP contribution is -2.33. The molecule has 2 aromatic carbocycles. The highest BCUT2D eigenvalue weighted by Crippen LogP contribution is 2.37. The summed E-state index contributed by atoms with van der Waals surface area (Å²) in [6.45, 7) is 0. The molecule has 1 aliphatic carbocycles. The highest BCUT2D eigenvalue weighted by atomic mass is 35.5. The molecule has 1 amide bonds. The SMILES string of the molecule is COc1c(C(=O)NC2CCCC2)nn(-c2ccccc2Cl)c1-c1ccc(Cl)cc1. The normalized spacial score (nSPS) is 14.2. The maximum Gasteiger partial charge on any atom is 0.275 e. The number of benzene rings is 2. The molecule has 1 aliphatic rings. The van der Waals surface area contributed by atoms with E-state index >= 15 is 0 Å². The van der Waals surface area contributed by atoms with Gasteiger partial charge in [0, 0.05) is 16.6 Å². The number of aromatic nitrogens is 2. The van der Waals surface area contributed by atoms with Crippen molar-refractivity contribution in [3.63, 3.8) is 0 Å². The molecule has 0 radical (unpaired) electrons. The third-order valence-corrected chi connectivity index (χ3v) is 5.72. The molecule has 0 aliphatic heterocycles. The molecule has 1 fully saturated rings. The summed E-state index contributed by atoms with van der Waals surface area (Å²) in [5, 5.41) is 8.85. The zero-order valence-corrected chi connectivity index (χ0v) is 17.5. The number of carbonyl (C=O) groups is 1. The summed E-state index contributed by atoms with van der Waals surface area (Å²) >= 11 is 12.5. The van der Waals surface area contributed by atoms with Crippen LogP contribution in [0, 0.1) is 0 Å². The van der Waals surface area contributed by atoms with Crippen molar-refractivity contribution in [2.75, 3.05) is 7.11 Å². The molecule has 0 unspecified atom stereocenters.